The van der Waals surface area contributed by atoms with Crippen LogP contribution in [0.2, 0.25) is 0 Å². The largest absolute Gasteiger partial charge is 0.507 e. The standard InChI is InChI=1S/C16H14O8/c1-7-6-23-14-11(16(21,13(7)19)15(20)22-2)12(18)10-8(17)4-3-5-9(10)24-14/h3-6,13,17,19,21H,1-2H3. The van der Waals surface area contributed by atoms with E-state index in [2.05, 4.69) is 4.74 Å². The number of hydrogen-bond donors (Lipinski definition) is 3. The van der Waals surface area contributed by atoms with Gasteiger partial charge in [0.2, 0.25) is 11.0 Å². The number of fused-ring (bicyclic) bond motifs is 2. The van der Waals surface area contributed by atoms with E-state index in [-0.39, 0.29) is 16.5 Å². The van der Waals surface area contributed by atoms with Gasteiger partial charge in [-0.1, -0.05) is 6.07 Å². The molecule has 126 valence electrons. The van der Waals surface area contributed by atoms with Gasteiger partial charge in [-0.3, -0.25) is 4.79 Å². The first kappa shape index (κ1) is 16.0. The van der Waals surface area contributed by atoms with Crippen molar-refractivity contribution < 1.29 is 34.0 Å². The zero-order valence-electron chi connectivity index (χ0n) is 12.8. The van der Waals surface area contributed by atoms with Crippen LogP contribution in [0.4, 0.5) is 0 Å². The van der Waals surface area contributed by atoms with Crippen molar-refractivity contribution in [1.82, 2.24) is 0 Å². The molecule has 1 aliphatic rings. The number of phenolic OH excluding ortho intramolecular Hbond substituents is 1. The zero-order valence-corrected chi connectivity index (χ0v) is 12.8. The molecule has 24 heavy (non-hydrogen) atoms. The van der Waals surface area contributed by atoms with Crippen LogP contribution in [0.15, 0.2) is 39.2 Å². The van der Waals surface area contributed by atoms with Crippen molar-refractivity contribution in [1.29, 1.82) is 0 Å². The lowest BCUT2D eigenvalue weighted by Crippen LogP contribution is -2.50. The predicted octanol–water partition coefficient (Wildman–Crippen LogP) is 0.516. The SMILES string of the molecule is COC(=O)C1(O)c2c(oc3cccc(O)c3c2=O)OC=C(C)C1O. The molecular weight excluding hydrogens is 320 g/mol. The Hall–Kier alpha value is -2.84. The van der Waals surface area contributed by atoms with E-state index < -0.39 is 40.4 Å². The Morgan fingerprint density at radius 3 is 2.75 bits per heavy atom. The number of phenols is 1. The van der Waals surface area contributed by atoms with Crippen molar-refractivity contribution in [2.24, 2.45) is 0 Å². The summed E-state index contributed by atoms with van der Waals surface area (Å²) in [6.45, 7) is 1.39. The van der Waals surface area contributed by atoms with E-state index in [0.717, 1.165) is 13.4 Å². The highest BCUT2D eigenvalue weighted by molar-refractivity contribution is 5.88. The van der Waals surface area contributed by atoms with Crippen molar-refractivity contribution in [3.63, 3.8) is 0 Å². The number of carbonyl (C=O) groups excluding carboxylic acids is 1. The minimum absolute atomic E-state index is 0.00610. The van der Waals surface area contributed by atoms with Crippen LogP contribution in [-0.2, 0) is 15.1 Å². The number of methoxy groups -OCH3 is 1. The van der Waals surface area contributed by atoms with Gasteiger partial charge in [-0.25, -0.2) is 4.79 Å². The van der Waals surface area contributed by atoms with Gasteiger partial charge < -0.3 is 29.2 Å². The maximum atomic E-state index is 12.8. The van der Waals surface area contributed by atoms with E-state index in [0.29, 0.717) is 0 Å². The Bertz CT molecular complexity index is 926. The van der Waals surface area contributed by atoms with Crippen molar-refractivity contribution in [2.45, 2.75) is 18.6 Å². The van der Waals surface area contributed by atoms with Gasteiger partial charge in [0.25, 0.3) is 0 Å². The number of rotatable bonds is 1. The van der Waals surface area contributed by atoms with Gasteiger partial charge >= 0.3 is 11.9 Å². The molecule has 1 aliphatic heterocycles. The van der Waals surface area contributed by atoms with E-state index in [9.17, 15) is 24.9 Å². The smallest absolute Gasteiger partial charge is 0.346 e. The van der Waals surface area contributed by atoms with E-state index >= 15 is 0 Å². The molecule has 1 aromatic carbocycles. The topological polar surface area (TPSA) is 126 Å². The van der Waals surface area contributed by atoms with Crippen molar-refractivity contribution in [2.75, 3.05) is 7.11 Å². The lowest BCUT2D eigenvalue weighted by molar-refractivity contribution is -0.174. The number of hydrogen-bond acceptors (Lipinski definition) is 8. The summed E-state index contributed by atoms with van der Waals surface area (Å²) in [5.74, 6) is -2.14. The Labute approximate surface area is 135 Å². The Morgan fingerprint density at radius 2 is 2.08 bits per heavy atom. The lowest BCUT2D eigenvalue weighted by Gasteiger charge is -2.28. The van der Waals surface area contributed by atoms with E-state index in [4.69, 9.17) is 9.15 Å². The van der Waals surface area contributed by atoms with Gasteiger partial charge in [0.05, 0.1) is 13.4 Å². The van der Waals surface area contributed by atoms with Crippen LogP contribution in [0.3, 0.4) is 0 Å². The van der Waals surface area contributed by atoms with Crippen molar-refractivity contribution in [3.8, 4) is 11.7 Å². The number of ether oxygens (including phenoxy) is 2. The number of aromatic hydroxyl groups is 1. The highest BCUT2D eigenvalue weighted by Gasteiger charge is 2.53. The third-order valence-corrected chi connectivity index (χ3v) is 3.92. The molecule has 0 spiro atoms. The summed E-state index contributed by atoms with van der Waals surface area (Å²) >= 11 is 0. The van der Waals surface area contributed by atoms with Crippen LogP contribution in [0.25, 0.3) is 11.0 Å². The summed E-state index contributed by atoms with van der Waals surface area (Å²) in [4.78, 5) is 25.0. The highest BCUT2D eigenvalue weighted by Crippen LogP contribution is 2.39. The number of carbonyl (C=O) groups is 1. The zero-order chi connectivity index (χ0) is 17.6. The molecule has 0 radical (unpaired) electrons. The molecule has 0 bridgehead atoms. The highest BCUT2D eigenvalue weighted by atomic mass is 16.6. The second kappa shape index (κ2) is 5.36. The first-order valence-corrected chi connectivity index (χ1v) is 6.93. The van der Waals surface area contributed by atoms with Crippen LogP contribution < -0.4 is 10.2 Å². The molecule has 1 aromatic heterocycles. The molecule has 2 unspecified atom stereocenters. The monoisotopic (exact) mass is 334 g/mol. The average Bonchev–Trinajstić information content (AvgIpc) is 2.65. The summed E-state index contributed by atoms with van der Waals surface area (Å²) < 4.78 is 15.2. The van der Waals surface area contributed by atoms with Crippen LogP contribution in [-0.4, -0.2) is 34.5 Å². The molecule has 8 heteroatoms. The molecule has 0 saturated carbocycles. The van der Waals surface area contributed by atoms with Gasteiger partial charge in [0.1, 0.15) is 28.4 Å². The number of aliphatic hydroxyl groups is 2. The van der Waals surface area contributed by atoms with E-state index in [1.807, 2.05) is 0 Å². The normalized spacial score (nSPS) is 23.0. The molecule has 0 saturated heterocycles. The van der Waals surface area contributed by atoms with Gasteiger partial charge in [0, 0.05) is 0 Å². The minimum Gasteiger partial charge on any atom is -0.507 e. The lowest BCUT2D eigenvalue weighted by atomic mass is 9.85. The number of esters is 1. The van der Waals surface area contributed by atoms with E-state index in [1.165, 1.54) is 25.1 Å². The maximum absolute atomic E-state index is 12.8. The van der Waals surface area contributed by atoms with Gasteiger partial charge in [-0.2, -0.15) is 0 Å². The van der Waals surface area contributed by atoms with Crippen LogP contribution in [0.1, 0.15) is 12.5 Å². The fourth-order valence-electron chi connectivity index (χ4n) is 2.66. The Morgan fingerprint density at radius 1 is 1.38 bits per heavy atom. The first-order valence-electron chi connectivity index (χ1n) is 6.93. The van der Waals surface area contributed by atoms with E-state index in [1.54, 1.807) is 0 Å². The number of benzene rings is 1. The van der Waals surface area contributed by atoms with Crippen LogP contribution in [0, 0.1) is 0 Å². The molecular formula is C16H14O8. The van der Waals surface area contributed by atoms with Crippen LogP contribution in [0.5, 0.6) is 11.7 Å². The van der Waals surface area contributed by atoms with Crippen molar-refractivity contribution in [3.05, 3.63) is 45.8 Å². The van der Waals surface area contributed by atoms with Gasteiger partial charge in [0.15, 0.2) is 0 Å². The Kier molecular flexibility index (Phi) is 3.58. The second-order valence-electron chi connectivity index (χ2n) is 5.38. The summed E-state index contributed by atoms with van der Waals surface area (Å²) in [6, 6.07) is 4.11. The molecule has 2 atom stereocenters. The fourth-order valence-corrected chi connectivity index (χ4v) is 2.66. The van der Waals surface area contributed by atoms with Crippen LogP contribution >= 0.6 is 0 Å². The molecule has 3 rings (SSSR count). The minimum atomic E-state index is -2.75. The van der Waals surface area contributed by atoms with Gasteiger partial charge in [-0.15, -0.1) is 0 Å². The molecule has 2 aromatic rings. The third-order valence-electron chi connectivity index (χ3n) is 3.92. The maximum Gasteiger partial charge on any atom is 0.346 e. The quantitative estimate of drug-likeness (QED) is 0.644. The summed E-state index contributed by atoms with van der Waals surface area (Å²) in [5.41, 5.74) is -4.25. The van der Waals surface area contributed by atoms with Gasteiger partial charge in [-0.05, 0) is 24.6 Å². The summed E-state index contributed by atoms with van der Waals surface area (Å²) in [7, 11) is 0.998. The molecule has 2 heterocycles. The number of aliphatic hydroxyl groups excluding tert-OH is 1. The van der Waals surface area contributed by atoms with Crippen molar-refractivity contribution >= 4 is 16.9 Å². The molecule has 3 N–H and O–H groups in total. The fraction of sp³-hybridized carbons (Fsp3) is 0.250. The second-order valence-corrected chi connectivity index (χ2v) is 5.38. The summed E-state index contributed by atoms with van der Waals surface area (Å²) in [6.07, 6.45) is -0.750. The molecule has 0 fully saturated rings. The Balaban J connectivity index is 2.48. The first-order chi connectivity index (χ1) is 11.3. The predicted molar refractivity (Wildman–Crippen MR) is 80.5 cm³/mol. The molecule has 0 amide bonds. The molecule has 8 nitrogen and oxygen atoms in total. The molecule has 0 aliphatic carbocycles. The third kappa shape index (κ3) is 2.00. The summed E-state index contributed by atoms with van der Waals surface area (Å²) in [5, 5.41) is 30.9. The average molecular weight is 334 g/mol.